The number of benzene rings is 2. The number of halogens is 2. The average Bonchev–Trinajstić information content (AvgIpc) is 2.77. The van der Waals surface area contributed by atoms with Crippen LogP contribution >= 0.6 is 23.2 Å². The number of hydrogen-bond donors (Lipinski definition) is 2. The predicted octanol–water partition coefficient (Wildman–Crippen LogP) is 6.08. The smallest absolute Gasteiger partial charge is 0.323 e. The zero-order valence-corrected chi connectivity index (χ0v) is 17.7. The summed E-state index contributed by atoms with van der Waals surface area (Å²) in [6.07, 6.45) is 3.66. The highest BCUT2D eigenvalue weighted by Gasteiger charge is 2.13. The van der Waals surface area contributed by atoms with Gasteiger partial charge < -0.3 is 15.5 Å². The molecule has 0 radical (unpaired) electrons. The van der Waals surface area contributed by atoms with Gasteiger partial charge in [0.1, 0.15) is 0 Å². The second kappa shape index (κ2) is 9.32. The Kier molecular flexibility index (Phi) is 6.35. The maximum Gasteiger partial charge on any atom is 0.323 e. The molecule has 2 heterocycles. The lowest BCUT2D eigenvalue weighted by molar-refractivity contribution is 0.262. The number of carbonyl (C=O) groups is 1. The SMILES string of the molecule is O=C(Nc1cccc(-c2ccc(N3CCCCC3)nn2)c1)Nc1cc(Cl)ccc1Cl. The molecule has 3 aromatic rings. The van der Waals surface area contributed by atoms with Crippen molar-refractivity contribution in [3.63, 3.8) is 0 Å². The monoisotopic (exact) mass is 441 g/mol. The molecule has 1 aliphatic heterocycles. The van der Waals surface area contributed by atoms with Crippen molar-refractivity contribution in [2.24, 2.45) is 0 Å². The molecule has 0 atom stereocenters. The van der Waals surface area contributed by atoms with Crippen LogP contribution in [0, 0.1) is 0 Å². The third kappa shape index (κ3) is 5.01. The van der Waals surface area contributed by atoms with Gasteiger partial charge >= 0.3 is 6.03 Å². The molecule has 8 heteroatoms. The van der Waals surface area contributed by atoms with E-state index >= 15 is 0 Å². The lowest BCUT2D eigenvalue weighted by atomic mass is 10.1. The maximum atomic E-state index is 12.4. The van der Waals surface area contributed by atoms with Crippen molar-refractivity contribution in [2.45, 2.75) is 19.3 Å². The Hall–Kier alpha value is -2.83. The quantitative estimate of drug-likeness (QED) is 0.514. The van der Waals surface area contributed by atoms with Crippen molar-refractivity contribution in [1.82, 2.24) is 10.2 Å². The van der Waals surface area contributed by atoms with E-state index in [0.717, 1.165) is 30.2 Å². The van der Waals surface area contributed by atoms with Gasteiger partial charge in [0, 0.05) is 29.4 Å². The second-order valence-electron chi connectivity index (χ2n) is 7.11. The number of rotatable bonds is 4. The molecule has 1 saturated heterocycles. The molecule has 0 aliphatic carbocycles. The van der Waals surface area contributed by atoms with Gasteiger partial charge in [-0.25, -0.2) is 4.79 Å². The van der Waals surface area contributed by atoms with E-state index in [-0.39, 0.29) is 0 Å². The largest absolute Gasteiger partial charge is 0.355 e. The summed E-state index contributed by atoms with van der Waals surface area (Å²) in [5.74, 6) is 0.908. The summed E-state index contributed by atoms with van der Waals surface area (Å²) in [5, 5.41) is 15.2. The summed E-state index contributed by atoms with van der Waals surface area (Å²) in [6, 6.07) is 15.9. The van der Waals surface area contributed by atoms with Crippen LogP contribution < -0.4 is 15.5 Å². The summed E-state index contributed by atoms with van der Waals surface area (Å²) in [4.78, 5) is 14.6. The highest BCUT2D eigenvalue weighted by Crippen LogP contribution is 2.26. The van der Waals surface area contributed by atoms with Gasteiger partial charge in [-0.2, -0.15) is 0 Å². The fourth-order valence-corrected chi connectivity index (χ4v) is 3.74. The summed E-state index contributed by atoms with van der Waals surface area (Å²) < 4.78 is 0. The van der Waals surface area contributed by atoms with Gasteiger partial charge in [0.25, 0.3) is 0 Å². The first kappa shape index (κ1) is 20.4. The van der Waals surface area contributed by atoms with Gasteiger partial charge in [-0.05, 0) is 61.7 Å². The molecule has 1 aliphatic rings. The molecule has 0 unspecified atom stereocenters. The van der Waals surface area contributed by atoms with Gasteiger partial charge in [-0.3, -0.25) is 0 Å². The summed E-state index contributed by atoms with van der Waals surface area (Å²) >= 11 is 12.1. The minimum atomic E-state index is -0.414. The van der Waals surface area contributed by atoms with E-state index in [2.05, 4.69) is 25.7 Å². The number of carbonyl (C=O) groups excluding carboxylic acids is 1. The summed E-state index contributed by atoms with van der Waals surface area (Å²) in [5.41, 5.74) is 2.69. The lowest BCUT2D eigenvalue weighted by Gasteiger charge is -2.27. The Morgan fingerprint density at radius 1 is 0.900 bits per heavy atom. The predicted molar refractivity (Wildman–Crippen MR) is 123 cm³/mol. The summed E-state index contributed by atoms with van der Waals surface area (Å²) in [6.45, 7) is 2.05. The van der Waals surface area contributed by atoms with Crippen molar-refractivity contribution in [3.05, 3.63) is 64.6 Å². The van der Waals surface area contributed by atoms with Crippen LogP contribution in [0.1, 0.15) is 19.3 Å². The standard InChI is InChI=1S/C22H21Cl2N5O/c23-16-7-8-18(24)20(14-16)26-22(30)25-17-6-4-5-15(13-17)19-9-10-21(28-27-19)29-11-2-1-3-12-29/h4-10,13-14H,1-3,11-12H2,(H2,25,26,30). The van der Waals surface area contributed by atoms with Crippen LogP contribution in [0.5, 0.6) is 0 Å². The molecule has 1 fully saturated rings. The molecule has 0 bridgehead atoms. The molecular weight excluding hydrogens is 421 g/mol. The topological polar surface area (TPSA) is 70.2 Å². The number of urea groups is 1. The molecule has 4 rings (SSSR count). The van der Waals surface area contributed by atoms with Crippen molar-refractivity contribution in [1.29, 1.82) is 0 Å². The van der Waals surface area contributed by atoms with Crippen LogP contribution in [0.4, 0.5) is 22.0 Å². The Balaban J connectivity index is 1.44. The lowest BCUT2D eigenvalue weighted by Crippen LogP contribution is -2.30. The minimum Gasteiger partial charge on any atom is -0.355 e. The maximum absolute atomic E-state index is 12.4. The molecule has 2 N–H and O–H groups in total. The van der Waals surface area contributed by atoms with E-state index in [1.165, 1.54) is 19.3 Å². The van der Waals surface area contributed by atoms with Crippen molar-refractivity contribution in [2.75, 3.05) is 28.6 Å². The highest BCUT2D eigenvalue weighted by molar-refractivity contribution is 6.35. The molecule has 6 nitrogen and oxygen atoms in total. The van der Waals surface area contributed by atoms with Gasteiger partial charge in [0.15, 0.2) is 5.82 Å². The van der Waals surface area contributed by atoms with E-state index < -0.39 is 6.03 Å². The number of amides is 2. The Bertz CT molecular complexity index is 1040. The number of anilines is 3. The van der Waals surface area contributed by atoms with Crippen LogP contribution in [0.3, 0.4) is 0 Å². The number of nitrogens with zero attached hydrogens (tertiary/aromatic N) is 3. The van der Waals surface area contributed by atoms with E-state index in [1.807, 2.05) is 30.3 Å². The van der Waals surface area contributed by atoms with Crippen molar-refractivity contribution >= 4 is 46.4 Å². The molecule has 30 heavy (non-hydrogen) atoms. The molecule has 0 spiro atoms. The average molecular weight is 442 g/mol. The van der Waals surface area contributed by atoms with E-state index in [0.29, 0.717) is 21.4 Å². The number of aromatic nitrogens is 2. The number of nitrogens with one attached hydrogen (secondary N) is 2. The third-order valence-electron chi connectivity index (χ3n) is 4.92. The first-order valence-electron chi connectivity index (χ1n) is 9.81. The molecule has 2 amide bonds. The molecule has 154 valence electrons. The second-order valence-corrected chi connectivity index (χ2v) is 7.95. The fourth-order valence-electron chi connectivity index (χ4n) is 3.41. The van der Waals surface area contributed by atoms with Crippen LogP contribution in [0.25, 0.3) is 11.3 Å². The first-order valence-corrected chi connectivity index (χ1v) is 10.6. The van der Waals surface area contributed by atoms with Crippen molar-refractivity contribution in [3.8, 4) is 11.3 Å². The van der Waals surface area contributed by atoms with E-state index in [1.54, 1.807) is 24.3 Å². The van der Waals surface area contributed by atoms with Crippen molar-refractivity contribution < 1.29 is 4.79 Å². The molecule has 1 aromatic heterocycles. The zero-order valence-electron chi connectivity index (χ0n) is 16.2. The number of piperidine rings is 1. The van der Waals surface area contributed by atoms with Crippen LogP contribution in [0.2, 0.25) is 10.0 Å². The van der Waals surface area contributed by atoms with Gasteiger partial charge in [-0.1, -0.05) is 35.3 Å². The van der Waals surface area contributed by atoms with E-state index in [4.69, 9.17) is 23.2 Å². The van der Waals surface area contributed by atoms with Gasteiger partial charge in [0.2, 0.25) is 0 Å². The van der Waals surface area contributed by atoms with Gasteiger partial charge in [-0.15, -0.1) is 10.2 Å². The first-order chi connectivity index (χ1) is 14.6. The fraction of sp³-hybridized carbons (Fsp3) is 0.227. The normalized spacial score (nSPS) is 13.7. The number of hydrogen-bond acceptors (Lipinski definition) is 4. The minimum absolute atomic E-state index is 0.410. The van der Waals surface area contributed by atoms with Gasteiger partial charge in [0.05, 0.1) is 16.4 Å². The Labute approximate surface area is 185 Å². The molecule has 0 saturated carbocycles. The van der Waals surface area contributed by atoms with Crippen LogP contribution in [-0.2, 0) is 0 Å². The zero-order chi connectivity index (χ0) is 20.9. The third-order valence-corrected chi connectivity index (χ3v) is 5.49. The van der Waals surface area contributed by atoms with Crippen LogP contribution in [0.15, 0.2) is 54.6 Å². The highest BCUT2D eigenvalue weighted by atomic mass is 35.5. The molecule has 2 aromatic carbocycles. The summed E-state index contributed by atoms with van der Waals surface area (Å²) in [7, 11) is 0. The Morgan fingerprint density at radius 3 is 2.50 bits per heavy atom. The van der Waals surface area contributed by atoms with Crippen LogP contribution in [-0.4, -0.2) is 29.3 Å². The molecular formula is C22H21Cl2N5O. The Morgan fingerprint density at radius 2 is 1.73 bits per heavy atom. The van der Waals surface area contributed by atoms with E-state index in [9.17, 15) is 4.79 Å².